The number of carbonyl (C=O) groups excluding carboxylic acids is 1. The van der Waals surface area contributed by atoms with Crippen LogP contribution in [-0.4, -0.2) is 43.7 Å². The standard InChI is InChI=1S/C14H21N3O2/c1-14(6-7-19-9-14)16-12-5-4-10(8-11(12)15)13(18)17(2)3/h4-5,8,16H,6-7,9,15H2,1-3H3. The SMILES string of the molecule is CN(C)C(=O)c1ccc(NC2(C)CCOC2)c(N)c1. The Labute approximate surface area is 113 Å². The topological polar surface area (TPSA) is 67.6 Å². The molecule has 1 amide bonds. The Kier molecular flexibility index (Phi) is 3.66. The van der Waals surface area contributed by atoms with Crippen molar-refractivity contribution in [1.29, 1.82) is 0 Å². The Bertz CT molecular complexity index is 480. The van der Waals surface area contributed by atoms with E-state index < -0.39 is 0 Å². The van der Waals surface area contributed by atoms with Crippen LogP contribution in [0.3, 0.4) is 0 Å². The Morgan fingerprint density at radius 3 is 2.74 bits per heavy atom. The zero-order chi connectivity index (χ0) is 14.0. The first-order valence-corrected chi connectivity index (χ1v) is 6.38. The van der Waals surface area contributed by atoms with Gasteiger partial charge in [-0.1, -0.05) is 0 Å². The molecule has 0 radical (unpaired) electrons. The second kappa shape index (κ2) is 5.09. The summed E-state index contributed by atoms with van der Waals surface area (Å²) in [6.45, 7) is 3.55. The van der Waals surface area contributed by atoms with Gasteiger partial charge >= 0.3 is 0 Å². The normalized spacial score (nSPS) is 22.3. The van der Waals surface area contributed by atoms with Crippen LogP contribution >= 0.6 is 0 Å². The van der Waals surface area contributed by atoms with Crippen molar-refractivity contribution in [3.05, 3.63) is 23.8 Å². The highest BCUT2D eigenvalue weighted by Crippen LogP contribution is 2.28. The second-order valence-electron chi connectivity index (χ2n) is 5.49. The number of nitrogens with zero attached hydrogens (tertiary/aromatic N) is 1. The van der Waals surface area contributed by atoms with Crippen LogP contribution in [0.15, 0.2) is 18.2 Å². The number of anilines is 2. The lowest BCUT2D eigenvalue weighted by Crippen LogP contribution is -2.35. The average Bonchev–Trinajstić information content (AvgIpc) is 2.77. The molecule has 1 atom stereocenters. The molecule has 104 valence electrons. The highest BCUT2D eigenvalue weighted by molar-refractivity contribution is 5.95. The molecule has 1 fully saturated rings. The molecule has 2 rings (SSSR count). The molecule has 1 aliphatic heterocycles. The van der Waals surface area contributed by atoms with Crippen molar-refractivity contribution in [2.24, 2.45) is 0 Å². The van der Waals surface area contributed by atoms with Gasteiger partial charge in [0.1, 0.15) is 0 Å². The molecule has 0 spiro atoms. The average molecular weight is 263 g/mol. The Balaban J connectivity index is 2.17. The van der Waals surface area contributed by atoms with Crippen molar-refractivity contribution in [3.63, 3.8) is 0 Å². The summed E-state index contributed by atoms with van der Waals surface area (Å²) < 4.78 is 5.40. The van der Waals surface area contributed by atoms with Crippen LogP contribution in [0.25, 0.3) is 0 Å². The number of carbonyl (C=O) groups is 1. The fourth-order valence-corrected chi connectivity index (χ4v) is 2.16. The highest BCUT2D eigenvalue weighted by atomic mass is 16.5. The maximum absolute atomic E-state index is 11.8. The second-order valence-corrected chi connectivity index (χ2v) is 5.49. The van der Waals surface area contributed by atoms with Crippen LogP contribution in [0.5, 0.6) is 0 Å². The van der Waals surface area contributed by atoms with E-state index in [2.05, 4.69) is 12.2 Å². The smallest absolute Gasteiger partial charge is 0.253 e. The monoisotopic (exact) mass is 263 g/mol. The molecule has 1 aliphatic rings. The Morgan fingerprint density at radius 2 is 2.21 bits per heavy atom. The number of nitrogens with two attached hydrogens (primary N) is 1. The van der Waals surface area contributed by atoms with Crippen LogP contribution in [0.1, 0.15) is 23.7 Å². The zero-order valence-corrected chi connectivity index (χ0v) is 11.7. The molecule has 0 aliphatic carbocycles. The van der Waals surface area contributed by atoms with E-state index in [0.29, 0.717) is 17.9 Å². The molecule has 0 bridgehead atoms. The van der Waals surface area contributed by atoms with E-state index >= 15 is 0 Å². The minimum atomic E-state index is -0.0821. The summed E-state index contributed by atoms with van der Waals surface area (Å²) >= 11 is 0. The zero-order valence-electron chi connectivity index (χ0n) is 11.7. The van der Waals surface area contributed by atoms with Crippen LogP contribution in [0.4, 0.5) is 11.4 Å². The fraction of sp³-hybridized carbons (Fsp3) is 0.500. The number of rotatable bonds is 3. The van der Waals surface area contributed by atoms with Gasteiger partial charge in [0.2, 0.25) is 0 Å². The molecule has 1 heterocycles. The molecule has 1 aromatic rings. The molecule has 3 N–H and O–H groups in total. The molecule has 1 unspecified atom stereocenters. The van der Waals surface area contributed by atoms with Crippen LogP contribution in [0, 0.1) is 0 Å². The van der Waals surface area contributed by atoms with Crippen molar-refractivity contribution in [2.45, 2.75) is 18.9 Å². The molecular formula is C14H21N3O2. The van der Waals surface area contributed by atoms with Gasteiger partial charge in [0, 0.05) is 26.3 Å². The van der Waals surface area contributed by atoms with Crippen molar-refractivity contribution >= 4 is 17.3 Å². The van der Waals surface area contributed by atoms with Gasteiger partial charge in [0.05, 0.1) is 23.5 Å². The minimum Gasteiger partial charge on any atom is -0.397 e. The fourth-order valence-electron chi connectivity index (χ4n) is 2.16. The van der Waals surface area contributed by atoms with Gasteiger partial charge in [-0.2, -0.15) is 0 Å². The number of amides is 1. The predicted octanol–water partition coefficient (Wildman–Crippen LogP) is 1.56. The summed E-state index contributed by atoms with van der Waals surface area (Å²) in [4.78, 5) is 13.4. The van der Waals surface area contributed by atoms with E-state index in [4.69, 9.17) is 10.5 Å². The number of nitrogen functional groups attached to an aromatic ring is 1. The molecule has 1 aromatic carbocycles. The van der Waals surface area contributed by atoms with Crippen LogP contribution in [0.2, 0.25) is 0 Å². The molecule has 19 heavy (non-hydrogen) atoms. The number of hydrogen-bond acceptors (Lipinski definition) is 4. The predicted molar refractivity (Wildman–Crippen MR) is 76.3 cm³/mol. The van der Waals surface area contributed by atoms with E-state index in [1.807, 2.05) is 6.07 Å². The van der Waals surface area contributed by atoms with Crippen molar-refractivity contribution < 1.29 is 9.53 Å². The van der Waals surface area contributed by atoms with Crippen LogP contribution in [-0.2, 0) is 4.74 Å². The summed E-state index contributed by atoms with van der Waals surface area (Å²) in [5.74, 6) is -0.0475. The van der Waals surface area contributed by atoms with E-state index in [0.717, 1.165) is 18.7 Å². The van der Waals surface area contributed by atoms with Gasteiger partial charge < -0.3 is 20.7 Å². The van der Waals surface area contributed by atoms with E-state index in [1.165, 1.54) is 4.90 Å². The summed E-state index contributed by atoms with van der Waals surface area (Å²) in [7, 11) is 3.45. The maximum Gasteiger partial charge on any atom is 0.253 e. The molecular weight excluding hydrogens is 242 g/mol. The van der Waals surface area contributed by atoms with Crippen molar-refractivity contribution in [2.75, 3.05) is 38.4 Å². The third-order valence-corrected chi connectivity index (χ3v) is 3.36. The molecule has 5 nitrogen and oxygen atoms in total. The maximum atomic E-state index is 11.8. The Hall–Kier alpha value is -1.75. The number of hydrogen-bond donors (Lipinski definition) is 2. The number of ether oxygens (including phenoxy) is 1. The quantitative estimate of drug-likeness (QED) is 0.812. The van der Waals surface area contributed by atoms with Gasteiger partial charge in [-0.3, -0.25) is 4.79 Å². The first kappa shape index (κ1) is 13.7. The third-order valence-electron chi connectivity index (χ3n) is 3.36. The minimum absolute atomic E-state index is 0.0475. The molecule has 5 heteroatoms. The third kappa shape index (κ3) is 2.98. The van der Waals surface area contributed by atoms with Crippen molar-refractivity contribution in [1.82, 2.24) is 4.90 Å². The number of nitrogens with one attached hydrogen (secondary N) is 1. The highest BCUT2D eigenvalue weighted by Gasteiger charge is 2.29. The van der Waals surface area contributed by atoms with Gasteiger partial charge in [-0.25, -0.2) is 0 Å². The molecule has 0 aromatic heterocycles. The first-order chi connectivity index (χ1) is 8.91. The summed E-state index contributed by atoms with van der Waals surface area (Å²) in [6.07, 6.45) is 0.949. The van der Waals surface area contributed by atoms with Crippen LogP contribution < -0.4 is 11.1 Å². The Morgan fingerprint density at radius 1 is 1.47 bits per heavy atom. The first-order valence-electron chi connectivity index (χ1n) is 6.38. The summed E-state index contributed by atoms with van der Waals surface area (Å²) in [5.41, 5.74) is 7.97. The lowest BCUT2D eigenvalue weighted by atomic mass is 10.0. The number of benzene rings is 1. The van der Waals surface area contributed by atoms with Gasteiger partial charge in [-0.05, 0) is 31.5 Å². The van der Waals surface area contributed by atoms with Crippen molar-refractivity contribution in [3.8, 4) is 0 Å². The van der Waals surface area contributed by atoms with E-state index in [-0.39, 0.29) is 11.4 Å². The lowest BCUT2D eigenvalue weighted by molar-refractivity contribution is 0.0827. The lowest BCUT2D eigenvalue weighted by Gasteiger charge is -2.26. The molecule has 1 saturated heterocycles. The van der Waals surface area contributed by atoms with Gasteiger partial charge in [0.15, 0.2) is 0 Å². The van der Waals surface area contributed by atoms with E-state index in [1.54, 1.807) is 26.2 Å². The largest absolute Gasteiger partial charge is 0.397 e. The van der Waals surface area contributed by atoms with Gasteiger partial charge in [0.25, 0.3) is 5.91 Å². The van der Waals surface area contributed by atoms with E-state index in [9.17, 15) is 4.79 Å². The summed E-state index contributed by atoms with van der Waals surface area (Å²) in [6, 6.07) is 5.36. The summed E-state index contributed by atoms with van der Waals surface area (Å²) in [5, 5.41) is 3.41. The molecule has 0 saturated carbocycles. The van der Waals surface area contributed by atoms with Gasteiger partial charge in [-0.15, -0.1) is 0 Å².